The van der Waals surface area contributed by atoms with Gasteiger partial charge in [-0.2, -0.15) is 10.1 Å². The first kappa shape index (κ1) is 15.7. The van der Waals surface area contributed by atoms with E-state index in [-0.39, 0.29) is 17.7 Å². The molecule has 1 fully saturated rings. The first-order valence-electron chi connectivity index (χ1n) is 8.23. The summed E-state index contributed by atoms with van der Waals surface area (Å²) >= 11 is 0. The molecule has 1 amide bonds. The van der Waals surface area contributed by atoms with E-state index in [0.29, 0.717) is 24.5 Å². The molecule has 23 heavy (non-hydrogen) atoms. The van der Waals surface area contributed by atoms with Crippen molar-refractivity contribution in [2.45, 2.75) is 52.0 Å². The normalized spacial score (nSPS) is 16.3. The molecule has 1 aliphatic heterocycles. The Bertz CT molecular complexity index is 668. The zero-order chi connectivity index (χ0) is 16.4. The predicted octanol–water partition coefficient (Wildman–Crippen LogP) is 2.43. The number of likely N-dealkylation sites (tertiary alicyclic amines) is 1. The number of amides is 1. The molecular weight excluding hydrogens is 294 g/mol. The minimum Gasteiger partial charge on any atom is -0.339 e. The van der Waals surface area contributed by atoms with E-state index in [0.717, 1.165) is 25.2 Å². The second kappa shape index (κ2) is 6.52. The van der Waals surface area contributed by atoms with Crippen LogP contribution in [-0.2, 0) is 6.54 Å². The van der Waals surface area contributed by atoms with E-state index in [4.69, 9.17) is 4.52 Å². The Hall–Kier alpha value is -2.18. The Labute approximate surface area is 135 Å². The van der Waals surface area contributed by atoms with E-state index < -0.39 is 0 Å². The fourth-order valence-electron chi connectivity index (χ4n) is 2.81. The summed E-state index contributed by atoms with van der Waals surface area (Å²) in [6, 6.07) is 0. The van der Waals surface area contributed by atoms with Crippen LogP contribution < -0.4 is 0 Å². The maximum atomic E-state index is 12.5. The average Bonchev–Trinajstić information content (AvgIpc) is 3.23. The van der Waals surface area contributed by atoms with Crippen LogP contribution in [0.15, 0.2) is 16.9 Å². The number of hydrogen-bond donors (Lipinski definition) is 0. The fourth-order valence-corrected chi connectivity index (χ4v) is 2.81. The van der Waals surface area contributed by atoms with Gasteiger partial charge in [0.2, 0.25) is 5.89 Å². The number of aromatic nitrogens is 4. The second-order valence-electron chi connectivity index (χ2n) is 6.30. The van der Waals surface area contributed by atoms with Gasteiger partial charge in [-0.05, 0) is 19.8 Å². The van der Waals surface area contributed by atoms with Crippen molar-refractivity contribution in [1.82, 2.24) is 24.8 Å². The Morgan fingerprint density at radius 1 is 1.39 bits per heavy atom. The highest BCUT2D eigenvalue weighted by Gasteiger charge is 2.28. The molecule has 0 bridgehead atoms. The van der Waals surface area contributed by atoms with Crippen LogP contribution in [0.2, 0.25) is 0 Å². The quantitative estimate of drug-likeness (QED) is 0.865. The third kappa shape index (κ3) is 3.28. The highest BCUT2D eigenvalue weighted by Crippen LogP contribution is 2.28. The minimum absolute atomic E-state index is 0.0524. The molecular formula is C16H23N5O2. The van der Waals surface area contributed by atoms with Crippen molar-refractivity contribution < 1.29 is 9.32 Å². The van der Waals surface area contributed by atoms with Crippen LogP contribution in [0.5, 0.6) is 0 Å². The Kier molecular flexibility index (Phi) is 4.45. The summed E-state index contributed by atoms with van der Waals surface area (Å²) in [4.78, 5) is 18.9. The molecule has 2 aromatic heterocycles. The predicted molar refractivity (Wildman–Crippen MR) is 84.2 cm³/mol. The van der Waals surface area contributed by atoms with Crippen molar-refractivity contribution in [2.24, 2.45) is 0 Å². The monoisotopic (exact) mass is 317 g/mol. The molecule has 1 aliphatic rings. The van der Waals surface area contributed by atoms with E-state index in [1.807, 2.05) is 25.7 Å². The zero-order valence-electron chi connectivity index (χ0n) is 13.9. The molecule has 1 saturated heterocycles. The summed E-state index contributed by atoms with van der Waals surface area (Å²) in [6.07, 6.45) is 5.16. The van der Waals surface area contributed by atoms with Gasteiger partial charge in [0, 0.05) is 37.7 Å². The molecule has 0 aromatic carbocycles. The molecule has 0 unspecified atom stereocenters. The number of hydrogen-bond acceptors (Lipinski definition) is 5. The Morgan fingerprint density at radius 3 is 2.70 bits per heavy atom. The van der Waals surface area contributed by atoms with Gasteiger partial charge in [-0.15, -0.1) is 0 Å². The van der Waals surface area contributed by atoms with Crippen molar-refractivity contribution in [3.05, 3.63) is 29.7 Å². The van der Waals surface area contributed by atoms with Crippen LogP contribution in [0.1, 0.15) is 67.5 Å². The van der Waals surface area contributed by atoms with Gasteiger partial charge in [0.15, 0.2) is 5.82 Å². The van der Waals surface area contributed by atoms with Crippen LogP contribution >= 0.6 is 0 Å². The van der Waals surface area contributed by atoms with Gasteiger partial charge in [0.1, 0.15) is 0 Å². The molecule has 3 heterocycles. The van der Waals surface area contributed by atoms with Crippen LogP contribution in [0, 0.1) is 0 Å². The van der Waals surface area contributed by atoms with Gasteiger partial charge in [0.05, 0.1) is 11.8 Å². The molecule has 3 rings (SSSR count). The first-order chi connectivity index (χ1) is 11.1. The summed E-state index contributed by atoms with van der Waals surface area (Å²) in [5.41, 5.74) is 0.658. The largest absolute Gasteiger partial charge is 0.339 e. The first-order valence-corrected chi connectivity index (χ1v) is 8.23. The summed E-state index contributed by atoms with van der Waals surface area (Å²) in [7, 11) is 0. The number of carbonyl (C=O) groups is 1. The van der Waals surface area contributed by atoms with Crippen molar-refractivity contribution in [3.8, 4) is 0 Å². The summed E-state index contributed by atoms with van der Waals surface area (Å²) < 4.78 is 7.16. The van der Waals surface area contributed by atoms with Crippen LogP contribution in [0.25, 0.3) is 0 Å². The van der Waals surface area contributed by atoms with Crippen LogP contribution in [-0.4, -0.2) is 43.8 Å². The number of nitrogens with zero attached hydrogens (tertiary/aromatic N) is 5. The highest BCUT2D eigenvalue weighted by molar-refractivity contribution is 5.93. The fraction of sp³-hybridized carbons (Fsp3) is 0.625. The molecule has 2 aromatic rings. The lowest BCUT2D eigenvalue weighted by molar-refractivity contribution is 0.0704. The number of carbonyl (C=O) groups excluding carboxylic acids is 1. The topological polar surface area (TPSA) is 77.0 Å². The van der Waals surface area contributed by atoms with Gasteiger partial charge in [-0.25, -0.2) is 0 Å². The molecule has 7 nitrogen and oxygen atoms in total. The van der Waals surface area contributed by atoms with E-state index in [1.165, 1.54) is 0 Å². The molecule has 124 valence electrons. The summed E-state index contributed by atoms with van der Waals surface area (Å²) in [5.74, 6) is 2.03. The molecule has 0 atom stereocenters. The van der Waals surface area contributed by atoms with Crippen LogP contribution in [0.4, 0.5) is 0 Å². The molecule has 0 aliphatic carbocycles. The maximum absolute atomic E-state index is 12.5. The standard InChI is InChI=1S/C16H23N5O2/c1-4-21-10-13(9-17-21)16(22)20-7-5-12(6-8-20)15-18-14(11(2)3)19-23-15/h9-12H,4-8H2,1-3H3. The van der Waals surface area contributed by atoms with Crippen molar-refractivity contribution >= 4 is 5.91 Å². The lowest BCUT2D eigenvalue weighted by atomic mass is 9.96. The average molecular weight is 317 g/mol. The van der Waals surface area contributed by atoms with E-state index in [2.05, 4.69) is 15.2 Å². The lowest BCUT2D eigenvalue weighted by Crippen LogP contribution is -2.37. The third-order valence-corrected chi connectivity index (χ3v) is 4.31. The maximum Gasteiger partial charge on any atom is 0.257 e. The second-order valence-corrected chi connectivity index (χ2v) is 6.30. The van der Waals surface area contributed by atoms with E-state index in [1.54, 1.807) is 17.1 Å². The van der Waals surface area contributed by atoms with Gasteiger partial charge in [-0.3, -0.25) is 9.48 Å². The Balaban J connectivity index is 1.60. The summed E-state index contributed by atoms with van der Waals surface area (Å²) in [5, 5.41) is 8.20. The number of rotatable bonds is 4. The van der Waals surface area contributed by atoms with Gasteiger partial charge in [-0.1, -0.05) is 19.0 Å². The van der Waals surface area contributed by atoms with Crippen LogP contribution in [0.3, 0.4) is 0 Å². The molecule has 7 heteroatoms. The van der Waals surface area contributed by atoms with Gasteiger partial charge >= 0.3 is 0 Å². The van der Waals surface area contributed by atoms with Gasteiger partial charge < -0.3 is 9.42 Å². The molecule has 0 radical (unpaired) electrons. The minimum atomic E-state index is 0.0524. The summed E-state index contributed by atoms with van der Waals surface area (Å²) in [6.45, 7) is 8.28. The Morgan fingerprint density at radius 2 is 2.13 bits per heavy atom. The number of aryl methyl sites for hydroxylation is 1. The molecule has 0 saturated carbocycles. The highest BCUT2D eigenvalue weighted by atomic mass is 16.5. The smallest absolute Gasteiger partial charge is 0.257 e. The van der Waals surface area contributed by atoms with Gasteiger partial charge in [0.25, 0.3) is 5.91 Å². The molecule has 0 spiro atoms. The van der Waals surface area contributed by atoms with Crippen molar-refractivity contribution in [2.75, 3.05) is 13.1 Å². The van der Waals surface area contributed by atoms with E-state index in [9.17, 15) is 4.79 Å². The van der Waals surface area contributed by atoms with Crippen molar-refractivity contribution in [3.63, 3.8) is 0 Å². The zero-order valence-corrected chi connectivity index (χ0v) is 13.9. The van der Waals surface area contributed by atoms with Crippen molar-refractivity contribution in [1.29, 1.82) is 0 Å². The molecule has 0 N–H and O–H groups in total. The third-order valence-electron chi connectivity index (χ3n) is 4.31. The SMILES string of the molecule is CCn1cc(C(=O)N2CCC(c3nc(C(C)C)no3)CC2)cn1. The number of piperidine rings is 1. The lowest BCUT2D eigenvalue weighted by Gasteiger charge is -2.30. The van der Waals surface area contributed by atoms with E-state index >= 15 is 0 Å².